The molecule has 2 heterocycles. The molecule has 14 heavy (non-hydrogen) atoms. The smallest absolute Gasteiger partial charge is 0.192 e. The minimum absolute atomic E-state index is 0.194. The molecule has 1 unspecified atom stereocenters. The number of hydrogen-bond acceptors (Lipinski definition) is 5. The Morgan fingerprint density at radius 2 is 2.64 bits per heavy atom. The van der Waals surface area contributed by atoms with Gasteiger partial charge in [-0.15, -0.1) is 17.9 Å². The molecule has 0 fully saturated rings. The molecular formula is C9H12N4S. The lowest BCUT2D eigenvalue weighted by Crippen LogP contribution is -2.36. The van der Waals surface area contributed by atoms with Crippen molar-refractivity contribution in [1.82, 2.24) is 9.88 Å². The second-order valence-electron chi connectivity index (χ2n) is 3.07. The highest BCUT2D eigenvalue weighted by Gasteiger charge is 2.27. The second kappa shape index (κ2) is 3.79. The van der Waals surface area contributed by atoms with E-state index in [2.05, 4.69) is 16.6 Å². The van der Waals surface area contributed by atoms with Gasteiger partial charge in [-0.1, -0.05) is 6.08 Å². The van der Waals surface area contributed by atoms with Gasteiger partial charge in [-0.25, -0.2) is 4.98 Å². The summed E-state index contributed by atoms with van der Waals surface area (Å²) in [6.45, 7) is 5.12. The summed E-state index contributed by atoms with van der Waals surface area (Å²) in [6.07, 6.45) is 1.83. The van der Waals surface area contributed by atoms with Crippen molar-refractivity contribution in [2.24, 2.45) is 10.7 Å². The molecule has 1 aromatic rings. The van der Waals surface area contributed by atoms with Crippen LogP contribution < -0.4 is 5.73 Å². The fourth-order valence-corrected chi connectivity index (χ4v) is 2.13. The molecule has 74 valence electrons. The van der Waals surface area contributed by atoms with Gasteiger partial charge in [0.2, 0.25) is 0 Å². The maximum atomic E-state index is 5.77. The van der Waals surface area contributed by atoms with Crippen LogP contribution in [0.2, 0.25) is 0 Å². The largest absolute Gasteiger partial charge is 0.370 e. The van der Waals surface area contributed by atoms with Crippen LogP contribution in [-0.2, 0) is 0 Å². The van der Waals surface area contributed by atoms with Crippen LogP contribution in [0.3, 0.4) is 0 Å². The summed E-state index contributed by atoms with van der Waals surface area (Å²) in [6, 6.07) is 0.194. The Morgan fingerprint density at radius 1 is 1.79 bits per heavy atom. The summed E-state index contributed by atoms with van der Waals surface area (Å²) in [7, 11) is 0. The summed E-state index contributed by atoms with van der Waals surface area (Å²) in [5.41, 5.74) is 8.64. The van der Waals surface area contributed by atoms with E-state index in [0.29, 0.717) is 12.5 Å². The molecule has 0 aromatic carbocycles. The molecule has 0 amide bonds. The maximum absolute atomic E-state index is 5.77. The van der Waals surface area contributed by atoms with E-state index < -0.39 is 0 Å². The molecule has 1 aliphatic rings. The number of aromatic nitrogens is 1. The molecule has 1 aliphatic heterocycles. The highest BCUT2D eigenvalue weighted by Crippen LogP contribution is 2.24. The first kappa shape index (κ1) is 9.21. The molecule has 0 aliphatic carbocycles. The number of nitrogens with two attached hydrogens (primary N) is 1. The van der Waals surface area contributed by atoms with Crippen molar-refractivity contribution in [3.8, 4) is 0 Å². The lowest BCUT2D eigenvalue weighted by atomic mass is 10.2. The van der Waals surface area contributed by atoms with Gasteiger partial charge in [-0.2, -0.15) is 0 Å². The summed E-state index contributed by atoms with van der Waals surface area (Å²) in [5.74, 6) is 0.586. The third-order valence-corrected chi connectivity index (χ3v) is 2.82. The van der Waals surface area contributed by atoms with Gasteiger partial charge < -0.3 is 10.6 Å². The fourth-order valence-electron chi connectivity index (χ4n) is 1.53. The first-order chi connectivity index (χ1) is 6.83. The fraction of sp³-hybridized carbons (Fsp3) is 0.333. The molecule has 4 nitrogen and oxygen atoms in total. The van der Waals surface area contributed by atoms with Gasteiger partial charge in [0.25, 0.3) is 0 Å². The van der Waals surface area contributed by atoms with E-state index in [-0.39, 0.29) is 6.04 Å². The van der Waals surface area contributed by atoms with E-state index in [1.54, 1.807) is 11.3 Å². The van der Waals surface area contributed by atoms with Crippen LogP contribution in [0.5, 0.6) is 0 Å². The maximum Gasteiger partial charge on any atom is 0.192 e. The highest BCUT2D eigenvalue weighted by atomic mass is 32.1. The van der Waals surface area contributed by atoms with Crippen molar-refractivity contribution in [2.45, 2.75) is 6.04 Å². The molecule has 2 N–H and O–H groups in total. The number of thiazole rings is 1. The summed E-state index contributed by atoms with van der Waals surface area (Å²) in [4.78, 5) is 10.5. The molecule has 0 saturated heterocycles. The Bertz CT molecular complexity index is 344. The number of nitrogens with zero attached hydrogens (tertiary/aromatic N) is 3. The van der Waals surface area contributed by atoms with Gasteiger partial charge in [-0.05, 0) is 0 Å². The van der Waals surface area contributed by atoms with E-state index >= 15 is 0 Å². The standard InChI is InChI=1S/C9H12N4S/c1-2-3-13-8(4-11-9(13)10)7-5-14-6-12-7/h2,5-6,8H,1,3-4H2,(H2,10,11). The third-order valence-electron chi connectivity index (χ3n) is 2.22. The van der Waals surface area contributed by atoms with Gasteiger partial charge in [-0.3, -0.25) is 4.99 Å². The molecule has 5 heteroatoms. The van der Waals surface area contributed by atoms with Crippen LogP contribution in [0.4, 0.5) is 0 Å². The normalized spacial score (nSPS) is 21.0. The predicted molar refractivity (Wildman–Crippen MR) is 58.2 cm³/mol. The number of guanidine groups is 1. The van der Waals surface area contributed by atoms with Crippen molar-refractivity contribution in [3.63, 3.8) is 0 Å². The lowest BCUT2D eigenvalue weighted by molar-refractivity contribution is 0.374. The van der Waals surface area contributed by atoms with Gasteiger partial charge in [0.15, 0.2) is 5.96 Å². The average Bonchev–Trinajstić information content (AvgIpc) is 2.77. The van der Waals surface area contributed by atoms with E-state index in [1.807, 2.05) is 21.9 Å². The Balaban J connectivity index is 2.18. The molecule has 0 saturated carbocycles. The molecule has 0 radical (unpaired) electrons. The number of aliphatic imine (C=N–C) groups is 1. The van der Waals surface area contributed by atoms with Gasteiger partial charge >= 0.3 is 0 Å². The first-order valence-corrected chi connectivity index (χ1v) is 5.32. The summed E-state index contributed by atoms with van der Waals surface area (Å²) >= 11 is 1.59. The zero-order valence-electron chi connectivity index (χ0n) is 7.76. The Labute approximate surface area is 86.8 Å². The number of hydrogen-bond donors (Lipinski definition) is 1. The van der Waals surface area contributed by atoms with E-state index in [1.165, 1.54) is 0 Å². The molecule has 0 spiro atoms. The molecule has 1 atom stereocenters. The zero-order chi connectivity index (χ0) is 9.97. The minimum Gasteiger partial charge on any atom is -0.370 e. The molecule has 0 bridgehead atoms. The van der Waals surface area contributed by atoms with Gasteiger partial charge in [0.05, 0.1) is 23.8 Å². The third kappa shape index (κ3) is 1.50. The van der Waals surface area contributed by atoms with Crippen LogP contribution in [0, 0.1) is 0 Å². The van der Waals surface area contributed by atoms with Crippen molar-refractivity contribution < 1.29 is 0 Å². The second-order valence-corrected chi connectivity index (χ2v) is 3.79. The van der Waals surface area contributed by atoms with E-state index in [0.717, 1.165) is 12.2 Å². The lowest BCUT2D eigenvalue weighted by Gasteiger charge is -2.23. The van der Waals surface area contributed by atoms with E-state index in [9.17, 15) is 0 Å². The average molecular weight is 208 g/mol. The zero-order valence-corrected chi connectivity index (χ0v) is 8.57. The van der Waals surface area contributed by atoms with Crippen LogP contribution in [-0.4, -0.2) is 28.9 Å². The van der Waals surface area contributed by atoms with Gasteiger partial charge in [0.1, 0.15) is 0 Å². The monoisotopic (exact) mass is 208 g/mol. The van der Waals surface area contributed by atoms with Crippen LogP contribution in [0.15, 0.2) is 28.5 Å². The van der Waals surface area contributed by atoms with Crippen molar-refractivity contribution in [2.75, 3.05) is 13.1 Å². The molecule has 2 rings (SSSR count). The van der Waals surface area contributed by atoms with Crippen molar-refractivity contribution >= 4 is 17.3 Å². The van der Waals surface area contributed by atoms with Crippen LogP contribution >= 0.6 is 11.3 Å². The number of rotatable bonds is 3. The SMILES string of the molecule is C=CCN1C(N)=NCC1c1cscn1. The topological polar surface area (TPSA) is 54.5 Å². The molecular weight excluding hydrogens is 196 g/mol. The minimum atomic E-state index is 0.194. The van der Waals surface area contributed by atoms with Crippen LogP contribution in [0.1, 0.15) is 11.7 Å². The van der Waals surface area contributed by atoms with E-state index in [4.69, 9.17) is 5.73 Å². The predicted octanol–water partition coefficient (Wildman–Crippen LogP) is 1.00. The van der Waals surface area contributed by atoms with Crippen LogP contribution in [0.25, 0.3) is 0 Å². The Kier molecular flexibility index (Phi) is 2.49. The Hall–Kier alpha value is -1.36. The summed E-state index contributed by atoms with van der Waals surface area (Å²) < 4.78 is 0. The summed E-state index contributed by atoms with van der Waals surface area (Å²) in [5, 5.41) is 2.04. The first-order valence-electron chi connectivity index (χ1n) is 4.38. The highest BCUT2D eigenvalue weighted by molar-refractivity contribution is 7.07. The Morgan fingerprint density at radius 3 is 3.29 bits per heavy atom. The van der Waals surface area contributed by atoms with Gasteiger partial charge in [0, 0.05) is 11.9 Å². The van der Waals surface area contributed by atoms with Crippen molar-refractivity contribution in [3.05, 3.63) is 29.2 Å². The van der Waals surface area contributed by atoms with Crippen molar-refractivity contribution in [1.29, 1.82) is 0 Å². The molecule has 1 aromatic heterocycles. The quantitative estimate of drug-likeness (QED) is 0.754.